The van der Waals surface area contributed by atoms with Crippen molar-refractivity contribution in [1.82, 2.24) is 0 Å². The molecule has 0 aromatic heterocycles. The molecule has 0 N–H and O–H groups in total. The molecular formula is C27H35IO3. The molecule has 0 amide bonds. The van der Waals surface area contributed by atoms with Crippen LogP contribution in [0.3, 0.4) is 0 Å². The Balaban J connectivity index is 1.39. The SMILES string of the molecule is CCCCCC1CCCCC1CCCOc1ccc(C(=O)Oc2ccc(I)cc2)cc1. The first-order valence-corrected chi connectivity index (χ1v) is 12.9. The third-order valence-corrected chi connectivity index (χ3v) is 7.07. The average Bonchev–Trinajstić information content (AvgIpc) is 2.79. The number of carbonyl (C=O) groups excluding carboxylic acids is 1. The number of benzene rings is 2. The van der Waals surface area contributed by atoms with Crippen LogP contribution < -0.4 is 9.47 Å². The van der Waals surface area contributed by atoms with E-state index in [1.54, 1.807) is 24.3 Å². The normalized spacial score (nSPS) is 18.5. The Hall–Kier alpha value is -1.56. The number of carbonyl (C=O) groups is 1. The first-order chi connectivity index (χ1) is 15.2. The molecular weight excluding hydrogens is 499 g/mol. The van der Waals surface area contributed by atoms with Gasteiger partial charge in [-0.05, 0) is 95.8 Å². The monoisotopic (exact) mass is 534 g/mol. The van der Waals surface area contributed by atoms with Crippen molar-refractivity contribution in [1.29, 1.82) is 0 Å². The Kier molecular flexibility index (Phi) is 10.2. The molecule has 0 spiro atoms. The van der Waals surface area contributed by atoms with E-state index in [0.717, 1.165) is 34.2 Å². The van der Waals surface area contributed by atoms with Gasteiger partial charge in [-0.1, -0.05) is 58.3 Å². The van der Waals surface area contributed by atoms with Crippen LogP contribution >= 0.6 is 22.6 Å². The second-order valence-corrected chi connectivity index (χ2v) is 9.90. The van der Waals surface area contributed by atoms with Gasteiger partial charge in [-0.3, -0.25) is 0 Å². The zero-order valence-corrected chi connectivity index (χ0v) is 20.8. The summed E-state index contributed by atoms with van der Waals surface area (Å²) in [7, 11) is 0. The molecule has 168 valence electrons. The Morgan fingerprint density at radius 1 is 0.871 bits per heavy atom. The minimum Gasteiger partial charge on any atom is -0.494 e. The predicted octanol–water partition coefficient (Wildman–Crippen LogP) is 8.06. The van der Waals surface area contributed by atoms with E-state index >= 15 is 0 Å². The van der Waals surface area contributed by atoms with Crippen molar-refractivity contribution in [2.75, 3.05) is 6.61 Å². The molecule has 0 aliphatic heterocycles. The van der Waals surface area contributed by atoms with Gasteiger partial charge in [0.25, 0.3) is 0 Å². The van der Waals surface area contributed by atoms with Gasteiger partial charge in [-0.15, -0.1) is 0 Å². The number of esters is 1. The van der Waals surface area contributed by atoms with Crippen molar-refractivity contribution in [2.45, 2.75) is 71.1 Å². The summed E-state index contributed by atoms with van der Waals surface area (Å²) in [4.78, 5) is 12.3. The molecule has 2 unspecified atom stereocenters. The van der Waals surface area contributed by atoms with Crippen LogP contribution in [0.5, 0.6) is 11.5 Å². The molecule has 1 aliphatic rings. The molecule has 0 radical (unpaired) electrons. The summed E-state index contributed by atoms with van der Waals surface area (Å²) in [6.45, 7) is 3.03. The van der Waals surface area contributed by atoms with Crippen LogP contribution in [0.15, 0.2) is 48.5 Å². The van der Waals surface area contributed by atoms with Crippen molar-refractivity contribution in [3.05, 3.63) is 57.7 Å². The van der Waals surface area contributed by atoms with Gasteiger partial charge in [0, 0.05) is 3.57 Å². The van der Waals surface area contributed by atoms with Crippen LogP contribution in [0.1, 0.15) is 81.5 Å². The number of unbranched alkanes of at least 4 members (excludes halogenated alkanes) is 2. The maximum Gasteiger partial charge on any atom is 0.343 e. The highest BCUT2D eigenvalue weighted by atomic mass is 127. The summed E-state index contributed by atoms with van der Waals surface area (Å²) < 4.78 is 12.5. The number of ether oxygens (including phenoxy) is 2. The Labute approximate surface area is 201 Å². The Morgan fingerprint density at radius 2 is 1.48 bits per heavy atom. The van der Waals surface area contributed by atoms with Crippen LogP contribution in [0, 0.1) is 15.4 Å². The van der Waals surface area contributed by atoms with Gasteiger partial charge in [-0.2, -0.15) is 0 Å². The van der Waals surface area contributed by atoms with Gasteiger partial charge in [0.1, 0.15) is 11.5 Å². The van der Waals surface area contributed by atoms with Crippen LogP contribution in [-0.2, 0) is 0 Å². The number of hydrogen-bond donors (Lipinski definition) is 0. The number of halogens is 1. The molecule has 2 atom stereocenters. The van der Waals surface area contributed by atoms with Gasteiger partial charge in [0.05, 0.1) is 12.2 Å². The smallest absolute Gasteiger partial charge is 0.343 e. The van der Waals surface area contributed by atoms with Crippen molar-refractivity contribution in [3.63, 3.8) is 0 Å². The first-order valence-electron chi connectivity index (χ1n) is 11.9. The molecule has 1 aliphatic carbocycles. The molecule has 2 aromatic rings. The number of rotatable bonds is 11. The molecule has 1 saturated carbocycles. The van der Waals surface area contributed by atoms with E-state index in [2.05, 4.69) is 29.5 Å². The minimum atomic E-state index is -0.348. The molecule has 4 heteroatoms. The van der Waals surface area contributed by atoms with E-state index in [9.17, 15) is 4.79 Å². The standard InChI is InChI=1S/C27H35IO3/c1-2-3-4-8-21-9-5-6-10-22(21)11-7-20-30-25-16-12-23(13-17-25)27(29)31-26-18-14-24(28)15-19-26/h12-19,21-22H,2-11,20H2,1H3. The first kappa shape index (κ1) is 24.1. The second kappa shape index (κ2) is 13.1. The third kappa shape index (κ3) is 8.13. The zero-order chi connectivity index (χ0) is 21.9. The maximum absolute atomic E-state index is 12.3. The van der Waals surface area contributed by atoms with Crippen molar-refractivity contribution in [2.24, 2.45) is 11.8 Å². The van der Waals surface area contributed by atoms with Gasteiger partial charge in [-0.25, -0.2) is 4.79 Å². The Morgan fingerprint density at radius 3 is 2.13 bits per heavy atom. The van der Waals surface area contributed by atoms with Gasteiger partial charge >= 0.3 is 5.97 Å². The molecule has 2 aromatic carbocycles. The quantitative estimate of drug-likeness (QED) is 0.127. The van der Waals surface area contributed by atoms with Crippen molar-refractivity contribution in [3.8, 4) is 11.5 Å². The van der Waals surface area contributed by atoms with E-state index in [4.69, 9.17) is 9.47 Å². The Bertz CT molecular complexity index is 785. The topological polar surface area (TPSA) is 35.5 Å². The van der Waals surface area contributed by atoms with E-state index in [-0.39, 0.29) is 5.97 Å². The summed E-state index contributed by atoms with van der Waals surface area (Å²) in [6.07, 6.45) is 13.5. The molecule has 1 fully saturated rings. The molecule has 0 bridgehead atoms. The highest BCUT2D eigenvalue weighted by Gasteiger charge is 2.24. The number of hydrogen-bond acceptors (Lipinski definition) is 3. The summed E-state index contributed by atoms with van der Waals surface area (Å²) in [5, 5.41) is 0. The highest BCUT2D eigenvalue weighted by Crippen LogP contribution is 2.36. The van der Waals surface area contributed by atoms with Crippen molar-refractivity contribution < 1.29 is 14.3 Å². The average molecular weight is 534 g/mol. The third-order valence-electron chi connectivity index (χ3n) is 6.35. The van der Waals surface area contributed by atoms with E-state index in [1.807, 2.05) is 24.3 Å². The van der Waals surface area contributed by atoms with Gasteiger partial charge in [0.15, 0.2) is 0 Å². The summed E-state index contributed by atoms with van der Waals surface area (Å²) in [5.74, 6) is 2.83. The summed E-state index contributed by atoms with van der Waals surface area (Å²) in [6, 6.07) is 14.7. The maximum atomic E-state index is 12.3. The molecule has 3 nitrogen and oxygen atoms in total. The van der Waals surface area contributed by atoms with Gasteiger partial charge < -0.3 is 9.47 Å². The fourth-order valence-electron chi connectivity index (χ4n) is 4.59. The van der Waals surface area contributed by atoms with E-state index < -0.39 is 0 Å². The van der Waals surface area contributed by atoms with Crippen LogP contribution in [0.4, 0.5) is 0 Å². The predicted molar refractivity (Wildman–Crippen MR) is 135 cm³/mol. The fraction of sp³-hybridized carbons (Fsp3) is 0.519. The largest absolute Gasteiger partial charge is 0.494 e. The summed E-state index contributed by atoms with van der Waals surface area (Å²) in [5.41, 5.74) is 0.531. The highest BCUT2D eigenvalue weighted by molar-refractivity contribution is 14.1. The van der Waals surface area contributed by atoms with E-state index in [0.29, 0.717) is 11.3 Å². The lowest BCUT2D eigenvalue weighted by atomic mass is 9.74. The second-order valence-electron chi connectivity index (χ2n) is 8.66. The van der Waals surface area contributed by atoms with Gasteiger partial charge in [0.2, 0.25) is 0 Å². The van der Waals surface area contributed by atoms with Crippen molar-refractivity contribution >= 4 is 28.6 Å². The lowest BCUT2D eigenvalue weighted by Crippen LogP contribution is -2.20. The lowest BCUT2D eigenvalue weighted by Gasteiger charge is -2.31. The van der Waals surface area contributed by atoms with Crippen LogP contribution in [0.2, 0.25) is 0 Å². The molecule has 0 saturated heterocycles. The summed E-state index contributed by atoms with van der Waals surface area (Å²) >= 11 is 2.22. The fourth-order valence-corrected chi connectivity index (χ4v) is 4.95. The zero-order valence-electron chi connectivity index (χ0n) is 18.7. The lowest BCUT2D eigenvalue weighted by molar-refractivity contribution is 0.0734. The van der Waals surface area contributed by atoms with E-state index in [1.165, 1.54) is 57.8 Å². The molecule has 0 heterocycles. The minimum absolute atomic E-state index is 0.348. The molecule has 31 heavy (non-hydrogen) atoms. The van der Waals surface area contributed by atoms with Crippen LogP contribution in [0.25, 0.3) is 0 Å². The molecule has 3 rings (SSSR count). The van der Waals surface area contributed by atoms with Crippen LogP contribution in [-0.4, -0.2) is 12.6 Å².